The van der Waals surface area contributed by atoms with E-state index < -0.39 is 0 Å². The van der Waals surface area contributed by atoms with Crippen molar-refractivity contribution in [3.63, 3.8) is 0 Å². The van der Waals surface area contributed by atoms with Gasteiger partial charge in [-0.05, 0) is 31.5 Å². The standard InChI is InChI=1S/C18H19N5OS/c1-12-6-8-14(9-7-12)17-21-22-18(23(17)19)25-11-16(24)20-15-5-3-4-13(2)10-15/h3-10H,11,19H2,1-2H3,(H,20,24). The second-order valence-electron chi connectivity index (χ2n) is 5.75. The first-order valence-corrected chi connectivity index (χ1v) is 8.78. The van der Waals surface area contributed by atoms with E-state index in [1.54, 1.807) is 0 Å². The van der Waals surface area contributed by atoms with E-state index in [2.05, 4.69) is 15.5 Å². The molecule has 1 aromatic heterocycles. The smallest absolute Gasteiger partial charge is 0.234 e. The first-order valence-electron chi connectivity index (χ1n) is 7.80. The maximum absolute atomic E-state index is 12.1. The highest BCUT2D eigenvalue weighted by Crippen LogP contribution is 2.22. The Bertz CT molecular complexity index is 889. The summed E-state index contributed by atoms with van der Waals surface area (Å²) in [4.78, 5) is 12.1. The molecule has 0 radical (unpaired) electrons. The highest BCUT2D eigenvalue weighted by molar-refractivity contribution is 7.99. The Morgan fingerprint density at radius 2 is 1.88 bits per heavy atom. The Labute approximate surface area is 150 Å². The summed E-state index contributed by atoms with van der Waals surface area (Å²) >= 11 is 1.25. The van der Waals surface area contributed by atoms with Gasteiger partial charge in [-0.25, -0.2) is 4.68 Å². The Morgan fingerprint density at radius 1 is 1.12 bits per heavy atom. The van der Waals surface area contributed by atoms with Crippen LogP contribution in [0, 0.1) is 13.8 Å². The van der Waals surface area contributed by atoms with Crippen LogP contribution in [0.25, 0.3) is 11.4 Å². The molecule has 3 rings (SSSR count). The quantitative estimate of drug-likeness (QED) is 0.544. The molecular weight excluding hydrogens is 334 g/mol. The van der Waals surface area contributed by atoms with Crippen molar-refractivity contribution in [3.05, 3.63) is 59.7 Å². The van der Waals surface area contributed by atoms with Crippen molar-refractivity contribution < 1.29 is 4.79 Å². The van der Waals surface area contributed by atoms with Crippen LogP contribution in [0.3, 0.4) is 0 Å². The third kappa shape index (κ3) is 4.19. The predicted octanol–water partition coefficient (Wildman–Crippen LogP) is 3.01. The van der Waals surface area contributed by atoms with Crippen molar-refractivity contribution in [2.24, 2.45) is 0 Å². The summed E-state index contributed by atoms with van der Waals surface area (Å²) in [7, 11) is 0. The van der Waals surface area contributed by atoms with Gasteiger partial charge in [0.1, 0.15) is 0 Å². The van der Waals surface area contributed by atoms with Crippen LogP contribution in [-0.4, -0.2) is 26.5 Å². The van der Waals surface area contributed by atoms with Gasteiger partial charge >= 0.3 is 0 Å². The Kier molecular flexibility index (Phi) is 5.04. The lowest BCUT2D eigenvalue weighted by Crippen LogP contribution is -2.16. The van der Waals surface area contributed by atoms with Gasteiger partial charge < -0.3 is 11.2 Å². The summed E-state index contributed by atoms with van der Waals surface area (Å²) in [6.07, 6.45) is 0. The molecular formula is C18H19N5OS. The van der Waals surface area contributed by atoms with Crippen LogP contribution in [-0.2, 0) is 4.79 Å². The molecule has 0 saturated heterocycles. The van der Waals surface area contributed by atoms with Gasteiger partial charge in [0.05, 0.1) is 5.75 Å². The molecule has 0 bridgehead atoms. The zero-order chi connectivity index (χ0) is 17.8. The lowest BCUT2D eigenvalue weighted by Gasteiger charge is -2.06. The molecule has 25 heavy (non-hydrogen) atoms. The fourth-order valence-corrected chi connectivity index (χ4v) is 2.98. The molecule has 2 aromatic carbocycles. The summed E-state index contributed by atoms with van der Waals surface area (Å²) < 4.78 is 1.41. The van der Waals surface area contributed by atoms with Crippen LogP contribution in [0.4, 0.5) is 5.69 Å². The first-order chi connectivity index (χ1) is 12.0. The van der Waals surface area contributed by atoms with Crippen LogP contribution in [0.5, 0.6) is 0 Å². The Morgan fingerprint density at radius 3 is 2.60 bits per heavy atom. The molecule has 0 aliphatic rings. The van der Waals surface area contributed by atoms with E-state index in [1.165, 1.54) is 16.4 Å². The van der Waals surface area contributed by atoms with Gasteiger partial charge in [0, 0.05) is 11.3 Å². The van der Waals surface area contributed by atoms with E-state index in [4.69, 9.17) is 5.84 Å². The molecule has 0 fully saturated rings. The van der Waals surface area contributed by atoms with Gasteiger partial charge in [-0.2, -0.15) is 0 Å². The number of nitrogens with one attached hydrogen (secondary N) is 1. The molecule has 3 N–H and O–H groups in total. The van der Waals surface area contributed by atoms with E-state index in [0.717, 1.165) is 22.4 Å². The molecule has 7 heteroatoms. The van der Waals surface area contributed by atoms with E-state index in [-0.39, 0.29) is 11.7 Å². The number of benzene rings is 2. The summed E-state index contributed by atoms with van der Waals surface area (Å²) in [6, 6.07) is 15.5. The molecule has 1 heterocycles. The molecule has 0 aliphatic carbocycles. The van der Waals surface area contributed by atoms with Gasteiger partial charge in [0.25, 0.3) is 0 Å². The summed E-state index contributed by atoms with van der Waals surface area (Å²) in [6.45, 7) is 4.00. The van der Waals surface area contributed by atoms with Crippen LogP contribution >= 0.6 is 11.8 Å². The third-order valence-electron chi connectivity index (χ3n) is 3.61. The molecule has 0 spiro atoms. The number of hydrogen-bond acceptors (Lipinski definition) is 5. The lowest BCUT2D eigenvalue weighted by molar-refractivity contribution is -0.113. The maximum Gasteiger partial charge on any atom is 0.234 e. The summed E-state index contributed by atoms with van der Waals surface area (Å²) in [5, 5.41) is 11.6. The second-order valence-corrected chi connectivity index (χ2v) is 6.69. The fraction of sp³-hybridized carbons (Fsp3) is 0.167. The number of carbonyl (C=O) groups is 1. The predicted molar refractivity (Wildman–Crippen MR) is 101 cm³/mol. The van der Waals surface area contributed by atoms with Crippen molar-refractivity contribution in [3.8, 4) is 11.4 Å². The molecule has 0 saturated carbocycles. The number of rotatable bonds is 5. The fourth-order valence-electron chi connectivity index (χ4n) is 2.32. The molecule has 6 nitrogen and oxygen atoms in total. The van der Waals surface area contributed by atoms with Crippen molar-refractivity contribution in [1.82, 2.24) is 14.9 Å². The summed E-state index contributed by atoms with van der Waals surface area (Å²) in [5.41, 5.74) is 3.92. The van der Waals surface area contributed by atoms with E-state index in [1.807, 2.05) is 62.4 Å². The third-order valence-corrected chi connectivity index (χ3v) is 4.55. The van der Waals surface area contributed by atoms with E-state index in [0.29, 0.717) is 11.0 Å². The van der Waals surface area contributed by atoms with Crippen molar-refractivity contribution in [2.75, 3.05) is 16.9 Å². The number of nitrogen functional groups attached to an aromatic ring is 1. The minimum Gasteiger partial charge on any atom is -0.335 e. The summed E-state index contributed by atoms with van der Waals surface area (Å²) in [5.74, 6) is 6.73. The number of aryl methyl sites for hydroxylation is 2. The zero-order valence-electron chi connectivity index (χ0n) is 14.1. The normalized spacial score (nSPS) is 10.6. The minimum atomic E-state index is -0.115. The average Bonchev–Trinajstić information content (AvgIpc) is 2.94. The molecule has 128 valence electrons. The number of hydrogen-bond donors (Lipinski definition) is 2. The van der Waals surface area contributed by atoms with E-state index in [9.17, 15) is 4.79 Å². The molecule has 0 unspecified atom stereocenters. The number of amides is 1. The van der Waals surface area contributed by atoms with Gasteiger partial charge in [0.15, 0.2) is 5.82 Å². The lowest BCUT2D eigenvalue weighted by atomic mass is 10.1. The van der Waals surface area contributed by atoms with Gasteiger partial charge in [-0.1, -0.05) is 53.7 Å². The van der Waals surface area contributed by atoms with Gasteiger partial charge in [-0.15, -0.1) is 10.2 Å². The van der Waals surface area contributed by atoms with Crippen LogP contribution < -0.4 is 11.2 Å². The van der Waals surface area contributed by atoms with Crippen molar-refractivity contribution >= 4 is 23.4 Å². The van der Waals surface area contributed by atoms with Crippen LogP contribution in [0.2, 0.25) is 0 Å². The SMILES string of the molecule is Cc1ccc(-c2nnc(SCC(=O)Nc3cccc(C)c3)n2N)cc1. The number of nitrogens with two attached hydrogens (primary N) is 1. The number of carbonyl (C=O) groups excluding carboxylic acids is 1. The van der Waals surface area contributed by atoms with Crippen molar-refractivity contribution in [1.29, 1.82) is 0 Å². The largest absolute Gasteiger partial charge is 0.335 e. The number of aromatic nitrogens is 3. The zero-order valence-corrected chi connectivity index (χ0v) is 14.9. The Hall–Kier alpha value is -2.80. The van der Waals surface area contributed by atoms with E-state index >= 15 is 0 Å². The van der Waals surface area contributed by atoms with Crippen LogP contribution in [0.1, 0.15) is 11.1 Å². The number of thioether (sulfide) groups is 1. The maximum atomic E-state index is 12.1. The van der Waals surface area contributed by atoms with Crippen molar-refractivity contribution in [2.45, 2.75) is 19.0 Å². The second kappa shape index (κ2) is 7.40. The highest BCUT2D eigenvalue weighted by Gasteiger charge is 2.13. The van der Waals surface area contributed by atoms with Gasteiger partial charge in [0.2, 0.25) is 11.1 Å². The van der Waals surface area contributed by atoms with Crippen LogP contribution in [0.15, 0.2) is 53.7 Å². The molecule has 0 atom stereocenters. The monoisotopic (exact) mass is 353 g/mol. The highest BCUT2D eigenvalue weighted by atomic mass is 32.2. The van der Waals surface area contributed by atoms with Gasteiger partial charge in [-0.3, -0.25) is 4.79 Å². The first kappa shape index (κ1) is 17.0. The molecule has 0 aliphatic heterocycles. The minimum absolute atomic E-state index is 0.115. The number of anilines is 1. The Balaban J connectivity index is 1.64. The number of nitrogens with zero attached hydrogens (tertiary/aromatic N) is 3. The average molecular weight is 353 g/mol. The molecule has 1 amide bonds. The topological polar surface area (TPSA) is 85.8 Å². The molecule has 3 aromatic rings.